The van der Waals surface area contributed by atoms with Crippen molar-refractivity contribution in [3.8, 4) is 0 Å². The van der Waals surface area contributed by atoms with Gasteiger partial charge in [-0.1, -0.05) is 0 Å². The molecule has 0 aromatic rings. The van der Waals surface area contributed by atoms with Gasteiger partial charge in [0.25, 0.3) is 0 Å². The van der Waals surface area contributed by atoms with Crippen LogP contribution in [0.4, 0.5) is 8.78 Å². The summed E-state index contributed by atoms with van der Waals surface area (Å²) in [5.41, 5.74) is 0. The highest BCUT2D eigenvalue weighted by molar-refractivity contribution is 5.58. The quantitative estimate of drug-likeness (QED) is 0.498. The highest BCUT2D eigenvalue weighted by atomic mass is 19.3. The topological polar surface area (TPSA) is 17.1 Å². The van der Waals surface area contributed by atoms with Crippen LogP contribution in [0, 0.1) is 11.8 Å². The van der Waals surface area contributed by atoms with E-state index in [0.717, 1.165) is 0 Å². The van der Waals surface area contributed by atoms with Crippen molar-refractivity contribution >= 4 is 6.29 Å². The minimum atomic E-state index is -2.29. The first-order chi connectivity index (χ1) is 3.75. The van der Waals surface area contributed by atoms with Crippen LogP contribution in [-0.4, -0.2) is 12.7 Å². The fraction of sp³-hybridized carbons (Fsp3) is 0.800. The molecular formula is C5H6F2O. The van der Waals surface area contributed by atoms with Gasteiger partial charge in [0.05, 0.1) is 0 Å². The van der Waals surface area contributed by atoms with E-state index in [1.165, 1.54) is 0 Å². The van der Waals surface area contributed by atoms with Crippen LogP contribution in [0.15, 0.2) is 0 Å². The smallest absolute Gasteiger partial charge is 0.242 e. The third kappa shape index (κ3) is 0.854. The van der Waals surface area contributed by atoms with Gasteiger partial charge in [-0.2, -0.15) is 0 Å². The summed E-state index contributed by atoms with van der Waals surface area (Å²) in [6.07, 6.45) is -1.29. The molecule has 3 heteroatoms. The fourth-order valence-electron chi connectivity index (χ4n) is 0.682. The summed E-state index contributed by atoms with van der Waals surface area (Å²) in [7, 11) is 0. The molecule has 0 N–H and O–H groups in total. The van der Waals surface area contributed by atoms with Crippen molar-refractivity contribution in [2.24, 2.45) is 11.8 Å². The van der Waals surface area contributed by atoms with Crippen molar-refractivity contribution < 1.29 is 13.6 Å². The Morgan fingerprint density at radius 1 is 1.62 bits per heavy atom. The molecule has 0 aromatic carbocycles. The standard InChI is InChI=1S/C5H6F2O/c6-5(7)4-1-3(4)2-8/h2-5H,1H2/t3-,4-/m1/s1. The second kappa shape index (κ2) is 1.80. The van der Waals surface area contributed by atoms with Crippen molar-refractivity contribution in [2.75, 3.05) is 0 Å². The zero-order valence-corrected chi connectivity index (χ0v) is 4.18. The molecule has 0 heterocycles. The van der Waals surface area contributed by atoms with Crippen LogP contribution in [-0.2, 0) is 4.79 Å². The highest BCUT2D eigenvalue weighted by Gasteiger charge is 2.43. The van der Waals surface area contributed by atoms with Gasteiger partial charge in [-0.25, -0.2) is 8.78 Å². The maximum atomic E-state index is 11.5. The van der Waals surface area contributed by atoms with Crippen LogP contribution in [0.5, 0.6) is 0 Å². The molecule has 1 aliphatic carbocycles. The molecule has 0 saturated heterocycles. The Hall–Kier alpha value is -0.470. The summed E-state index contributed by atoms with van der Waals surface area (Å²) in [6.45, 7) is 0. The van der Waals surface area contributed by atoms with Gasteiger partial charge in [0, 0.05) is 11.8 Å². The number of hydrogen-bond acceptors (Lipinski definition) is 1. The number of halogens is 2. The van der Waals surface area contributed by atoms with E-state index in [2.05, 4.69) is 0 Å². The lowest BCUT2D eigenvalue weighted by Gasteiger charge is -1.88. The van der Waals surface area contributed by atoms with Crippen LogP contribution in [0.25, 0.3) is 0 Å². The van der Waals surface area contributed by atoms with Crippen LogP contribution in [0.2, 0.25) is 0 Å². The van der Waals surface area contributed by atoms with E-state index in [1.54, 1.807) is 0 Å². The molecule has 0 bridgehead atoms. The van der Waals surface area contributed by atoms with Crippen molar-refractivity contribution in [3.63, 3.8) is 0 Å². The molecule has 0 radical (unpaired) electrons. The van der Waals surface area contributed by atoms with Crippen molar-refractivity contribution in [1.29, 1.82) is 0 Å². The van der Waals surface area contributed by atoms with Gasteiger partial charge >= 0.3 is 0 Å². The molecule has 0 amide bonds. The maximum absolute atomic E-state index is 11.5. The van der Waals surface area contributed by atoms with Gasteiger partial charge in [0.2, 0.25) is 6.43 Å². The monoisotopic (exact) mass is 120 g/mol. The lowest BCUT2D eigenvalue weighted by Crippen LogP contribution is -1.95. The Balaban J connectivity index is 2.26. The van der Waals surface area contributed by atoms with E-state index < -0.39 is 12.3 Å². The third-order valence-corrected chi connectivity index (χ3v) is 1.39. The normalized spacial score (nSPS) is 35.4. The Labute approximate surface area is 45.7 Å². The Morgan fingerprint density at radius 3 is 2.38 bits per heavy atom. The first-order valence-electron chi connectivity index (χ1n) is 2.49. The molecule has 0 aliphatic heterocycles. The molecule has 1 nitrogen and oxygen atoms in total. The average molecular weight is 120 g/mol. The first-order valence-corrected chi connectivity index (χ1v) is 2.49. The molecular weight excluding hydrogens is 114 g/mol. The molecule has 8 heavy (non-hydrogen) atoms. The lowest BCUT2D eigenvalue weighted by atomic mass is 10.3. The van der Waals surface area contributed by atoms with E-state index >= 15 is 0 Å². The summed E-state index contributed by atoms with van der Waals surface area (Å²) in [4.78, 5) is 9.75. The number of hydrogen-bond donors (Lipinski definition) is 0. The number of carbonyl (C=O) groups is 1. The Kier molecular flexibility index (Phi) is 1.27. The van der Waals surface area contributed by atoms with Gasteiger partial charge in [0.1, 0.15) is 6.29 Å². The Morgan fingerprint density at radius 2 is 2.25 bits per heavy atom. The number of alkyl halides is 2. The summed E-state index contributed by atoms with van der Waals surface area (Å²) in [5.74, 6) is -0.956. The molecule has 1 saturated carbocycles. The fourth-order valence-corrected chi connectivity index (χ4v) is 0.682. The van der Waals surface area contributed by atoms with E-state index in [9.17, 15) is 13.6 Å². The minimum absolute atomic E-state index is 0.338. The summed E-state index contributed by atoms with van der Waals surface area (Å²) in [6, 6.07) is 0. The molecule has 46 valence electrons. The van der Waals surface area contributed by atoms with Crippen LogP contribution >= 0.6 is 0 Å². The minimum Gasteiger partial charge on any atom is -0.303 e. The molecule has 1 rings (SSSR count). The summed E-state index contributed by atoms with van der Waals surface area (Å²) < 4.78 is 23.0. The SMILES string of the molecule is O=C[C@H]1C[C@H]1C(F)F. The van der Waals surface area contributed by atoms with E-state index in [-0.39, 0.29) is 5.92 Å². The highest BCUT2D eigenvalue weighted by Crippen LogP contribution is 2.41. The van der Waals surface area contributed by atoms with Crippen molar-refractivity contribution in [3.05, 3.63) is 0 Å². The van der Waals surface area contributed by atoms with Crippen molar-refractivity contribution in [1.82, 2.24) is 0 Å². The number of carbonyl (C=O) groups excluding carboxylic acids is 1. The zero-order valence-electron chi connectivity index (χ0n) is 4.18. The third-order valence-electron chi connectivity index (χ3n) is 1.39. The summed E-state index contributed by atoms with van der Waals surface area (Å²) >= 11 is 0. The predicted molar refractivity (Wildman–Crippen MR) is 23.7 cm³/mol. The molecule has 0 aromatic heterocycles. The van der Waals surface area contributed by atoms with Gasteiger partial charge in [-0.3, -0.25) is 0 Å². The Bertz CT molecular complexity index is 103. The number of rotatable bonds is 2. The number of aldehydes is 1. The average Bonchev–Trinajstić information content (AvgIpc) is 2.42. The van der Waals surface area contributed by atoms with Crippen molar-refractivity contribution in [2.45, 2.75) is 12.8 Å². The molecule has 1 aliphatic rings. The van der Waals surface area contributed by atoms with Gasteiger partial charge in [-0.15, -0.1) is 0 Å². The molecule has 1 fully saturated rings. The second-order valence-electron chi connectivity index (χ2n) is 2.03. The van der Waals surface area contributed by atoms with Crippen LogP contribution in [0.3, 0.4) is 0 Å². The predicted octanol–water partition coefficient (Wildman–Crippen LogP) is 1.09. The van der Waals surface area contributed by atoms with Crippen LogP contribution in [0.1, 0.15) is 6.42 Å². The van der Waals surface area contributed by atoms with E-state index in [1.807, 2.05) is 0 Å². The van der Waals surface area contributed by atoms with E-state index in [4.69, 9.17) is 0 Å². The van der Waals surface area contributed by atoms with Gasteiger partial charge < -0.3 is 4.79 Å². The molecule has 2 atom stereocenters. The first kappa shape index (κ1) is 5.66. The molecule has 0 spiro atoms. The zero-order chi connectivity index (χ0) is 6.15. The molecule has 0 unspecified atom stereocenters. The van der Waals surface area contributed by atoms with Crippen LogP contribution < -0.4 is 0 Å². The van der Waals surface area contributed by atoms with Gasteiger partial charge in [0.15, 0.2) is 0 Å². The largest absolute Gasteiger partial charge is 0.303 e. The lowest BCUT2D eigenvalue weighted by molar-refractivity contribution is -0.109. The second-order valence-corrected chi connectivity index (χ2v) is 2.03. The summed E-state index contributed by atoms with van der Waals surface area (Å²) in [5, 5.41) is 0. The van der Waals surface area contributed by atoms with Gasteiger partial charge in [-0.05, 0) is 6.42 Å². The van der Waals surface area contributed by atoms with E-state index in [0.29, 0.717) is 12.7 Å². The maximum Gasteiger partial charge on any atom is 0.242 e.